The predicted molar refractivity (Wildman–Crippen MR) is 65.4 cm³/mol. The number of hydrogen-bond acceptors (Lipinski definition) is 4. The Labute approximate surface area is 102 Å². The Morgan fingerprint density at radius 2 is 2.06 bits per heavy atom. The second kappa shape index (κ2) is 4.40. The monoisotopic (exact) mass is 255 g/mol. The maximum absolute atomic E-state index is 12.3. The van der Waals surface area contributed by atoms with Crippen LogP contribution in [0, 0.1) is 5.41 Å². The maximum atomic E-state index is 12.3. The molecule has 5 heteroatoms. The summed E-state index contributed by atoms with van der Waals surface area (Å²) in [5, 5.41) is -0.401. The van der Waals surface area contributed by atoms with E-state index < -0.39 is 15.1 Å². The molecule has 0 saturated heterocycles. The standard InChI is InChI=1S/C12H17NO3S/c1-16-9-12(8-13)7-11(12)17(14,15)10-5-3-2-4-6-10/h2-6,11H,7-9,13H2,1H3/t11-,12+/m0/s1. The number of nitrogens with two attached hydrogens (primary N) is 1. The molecule has 0 spiro atoms. The Balaban J connectivity index is 2.26. The van der Waals surface area contributed by atoms with Crippen molar-refractivity contribution in [1.29, 1.82) is 0 Å². The lowest BCUT2D eigenvalue weighted by Crippen LogP contribution is -2.28. The van der Waals surface area contributed by atoms with Crippen molar-refractivity contribution in [2.75, 3.05) is 20.3 Å². The van der Waals surface area contributed by atoms with E-state index in [1.807, 2.05) is 0 Å². The van der Waals surface area contributed by atoms with Gasteiger partial charge in [0.1, 0.15) is 0 Å². The Bertz CT molecular complexity index is 486. The Kier molecular flexibility index (Phi) is 3.25. The van der Waals surface area contributed by atoms with Crippen LogP contribution in [0.5, 0.6) is 0 Å². The van der Waals surface area contributed by atoms with Gasteiger partial charge in [0.2, 0.25) is 0 Å². The molecule has 94 valence electrons. The average molecular weight is 255 g/mol. The summed E-state index contributed by atoms with van der Waals surface area (Å²) >= 11 is 0. The molecule has 2 rings (SSSR count). The minimum atomic E-state index is -3.27. The number of sulfone groups is 1. The van der Waals surface area contributed by atoms with Gasteiger partial charge >= 0.3 is 0 Å². The summed E-state index contributed by atoms with van der Waals surface area (Å²) in [6, 6.07) is 8.52. The lowest BCUT2D eigenvalue weighted by Gasteiger charge is -2.13. The zero-order chi connectivity index (χ0) is 12.5. The van der Waals surface area contributed by atoms with E-state index in [0.717, 1.165) is 0 Å². The third-order valence-electron chi connectivity index (χ3n) is 3.40. The summed E-state index contributed by atoms with van der Waals surface area (Å²) in [6.07, 6.45) is 0.592. The van der Waals surface area contributed by atoms with Gasteiger partial charge in [-0.05, 0) is 18.6 Å². The Morgan fingerprint density at radius 3 is 2.59 bits per heavy atom. The van der Waals surface area contributed by atoms with Crippen molar-refractivity contribution in [3.63, 3.8) is 0 Å². The molecule has 0 bridgehead atoms. The summed E-state index contributed by atoms with van der Waals surface area (Å²) < 4.78 is 29.7. The van der Waals surface area contributed by atoms with Crippen molar-refractivity contribution >= 4 is 9.84 Å². The second-order valence-electron chi connectivity index (χ2n) is 4.55. The molecular formula is C12H17NO3S. The molecule has 2 atom stereocenters. The molecule has 0 aromatic heterocycles. The fourth-order valence-corrected chi connectivity index (χ4v) is 4.48. The molecule has 0 radical (unpaired) electrons. The molecular weight excluding hydrogens is 238 g/mol. The van der Waals surface area contributed by atoms with Crippen LogP contribution >= 0.6 is 0 Å². The lowest BCUT2D eigenvalue weighted by atomic mass is 10.1. The molecule has 1 aliphatic carbocycles. The highest BCUT2D eigenvalue weighted by molar-refractivity contribution is 7.92. The summed E-state index contributed by atoms with van der Waals surface area (Å²) in [4.78, 5) is 0.372. The van der Waals surface area contributed by atoms with Gasteiger partial charge in [-0.3, -0.25) is 0 Å². The normalized spacial score (nSPS) is 28.0. The lowest BCUT2D eigenvalue weighted by molar-refractivity contribution is 0.145. The van der Waals surface area contributed by atoms with Crippen molar-refractivity contribution in [2.24, 2.45) is 11.1 Å². The van der Waals surface area contributed by atoms with Crippen molar-refractivity contribution in [2.45, 2.75) is 16.6 Å². The van der Waals surface area contributed by atoms with E-state index in [0.29, 0.717) is 24.5 Å². The third-order valence-corrected chi connectivity index (χ3v) is 5.74. The van der Waals surface area contributed by atoms with Gasteiger partial charge in [-0.2, -0.15) is 0 Å². The molecule has 0 unspecified atom stereocenters. The van der Waals surface area contributed by atoms with Crippen LogP contribution in [0.1, 0.15) is 6.42 Å². The largest absolute Gasteiger partial charge is 0.384 e. The molecule has 0 heterocycles. The number of hydrogen-bond donors (Lipinski definition) is 1. The molecule has 1 aromatic carbocycles. The predicted octanol–water partition coefficient (Wildman–Crippen LogP) is 0.824. The molecule has 1 saturated carbocycles. The number of rotatable bonds is 5. The van der Waals surface area contributed by atoms with Gasteiger partial charge < -0.3 is 10.5 Å². The van der Waals surface area contributed by atoms with E-state index in [9.17, 15) is 8.42 Å². The molecule has 4 nitrogen and oxygen atoms in total. The quantitative estimate of drug-likeness (QED) is 0.846. The van der Waals surface area contributed by atoms with Crippen molar-refractivity contribution < 1.29 is 13.2 Å². The first-order valence-electron chi connectivity index (χ1n) is 5.55. The Morgan fingerprint density at radius 1 is 1.41 bits per heavy atom. The zero-order valence-electron chi connectivity index (χ0n) is 9.80. The number of benzene rings is 1. The van der Waals surface area contributed by atoms with Gasteiger partial charge in [-0.1, -0.05) is 18.2 Å². The molecule has 17 heavy (non-hydrogen) atoms. The maximum Gasteiger partial charge on any atom is 0.181 e. The number of methoxy groups -OCH3 is 1. The van der Waals surface area contributed by atoms with Crippen molar-refractivity contribution in [3.05, 3.63) is 30.3 Å². The van der Waals surface area contributed by atoms with Crippen LogP contribution in [0.4, 0.5) is 0 Å². The molecule has 0 amide bonds. The van der Waals surface area contributed by atoms with Crippen LogP contribution in [0.3, 0.4) is 0 Å². The summed E-state index contributed by atoms with van der Waals surface area (Å²) in [5.41, 5.74) is 5.29. The van der Waals surface area contributed by atoms with E-state index in [1.165, 1.54) is 0 Å². The van der Waals surface area contributed by atoms with Crippen LogP contribution in [-0.4, -0.2) is 33.9 Å². The minimum absolute atomic E-state index is 0.345. The highest BCUT2D eigenvalue weighted by atomic mass is 32.2. The van der Waals surface area contributed by atoms with Crippen LogP contribution in [0.2, 0.25) is 0 Å². The van der Waals surface area contributed by atoms with Crippen molar-refractivity contribution in [3.8, 4) is 0 Å². The first kappa shape index (κ1) is 12.5. The highest BCUT2D eigenvalue weighted by Crippen LogP contribution is 2.51. The van der Waals surface area contributed by atoms with E-state index in [1.54, 1.807) is 37.4 Å². The van der Waals surface area contributed by atoms with Crippen LogP contribution in [0.25, 0.3) is 0 Å². The molecule has 1 fully saturated rings. The summed E-state index contributed by atoms with van der Waals surface area (Å²) in [5.74, 6) is 0. The van der Waals surface area contributed by atoms with Gasteiger partial charge in [0.15, 0.2) is 9.84 Å². The average Bonchev–Trinajstić information content (AvgIpc) is 3.07. The van der Waals surface area contributed by atoms with Gasteiger partial charge in [-0.15, -0.1) is 0 Å². The smallest absolute Gasteiger partial charge is 0.181 e. The fourth-order valence-electron chi connectivity index (χ4n) is 2.24. The zero-order valence-corrected chi connectivity index (χ0v) is 10.6. The SMILES string of the molecule is COC[C@]1(CN)C[C@@H]1S(=O)(=O)c1ccccc1. The first-order valence-corrected chi connectivity index (χ1v) is 7.09. The molecule has 2 N–H and O–H groups in total. The van der Waals surface area contributed by atoms with E-state index in [4.69, 9.17) is 10.5 Å². The Hall–Kier alpha value is -0.910. The van der Waals surface area contributed by atoms with Crippen molar-refractivity contribution in [1.82, 2.24) is 0 Å². The third kappa shape index (κ3) is 2.10. The fraction of sp³-hybridized carbons (Fsp3) is 0.500. The first-order chi connectivity index (χ1) is 8.07. The number of ether oxygens (including phenoxy) is 1. The van der Waals surface area contributed by atoms with Gasteiger partial charge in [0, 0.05) is 19.1 Å². The van der Waals surface area contributed by atoms with E-state index >= 15 is 0 Å². The topological polar surface area (TPSA) is 69.4 Å². The van der Waals surface area contributed by atoms with Gasteiger partial charge in [0.05, 0.1) is 16.8 Å². The molecule has 0 aliphatic heterocycles. The highest BCUT2D eigenvalue weighted by Gasteiger charge is 2.60. The molecule has 1 aromatic rings. The van der Waals surface area contributed by atoms with Crippen LogP contribution in [0.15, 0.2) is 35.2 Å². The van der Waals surface area contributed by atoms with Crippen LogP contribution < -0.4 is 5.73 Å². The van der Waals surface area contributed by atoms with Crippen LogP contribution in [-0.2, 0) is 14.6 Å². The second-order valence-corrected chi connectivity index (χ2v) is 6.68. The van der Waals surface area contributed by atoms with E-state index in [-0.39, 0.29) is 5.41 Å². The minimum Gasteiger partial charge on any atom is -0.384 e. The summed E-state index contributed by atoms with van der Waals surface area (Å²) in [7, 11) is -1.70. The molecule has 1 aliphatic rings. The van der Waals surface area contributed by atoms with Gasteiger partial charge in [0.25, 0.3) is 0 Å². The van der Waals surface area contributed by atoms with Gasteiger partial charge in [-0.25, -0.2) is 8.42 Å². The summed E-state index contributed by atoms with van der Waals surface area (Å²) in [6.45, 7) is 0.748. The van der Waals surface area contributed by atoms with E-state index in [2.05, 4.69) is 0 Å².